The number of nitrogens with one attached hydrogen (secondary N) is 1. The third-order valence-electron chi connectivity index (χ3n) is 4.57. The summed E-state index contributed by atoms with van der Waals surface area (Å²) >= 11 is 0. The van der Waals surface area contributed by atoms with Gasteiger partial charge in [0.15, 0.2) is 23.0 Å². The summed E-state index contributed by atoms with van der Waals surface area (Å²) in [4.78, 5) is 29.3. The molecule has 4 rings (SSSR count). The topological polar surface area (TPSA) is 101 Å². The van der Waals surface area contributed by atoms with E-state index in [0.717, 1.165) is 5.56 Å². The smallest absolute Gasteiger partial charge is 0.261 e. The largest absolute Gasteiger partial charge is 0.493 e. The highest BCUT2D eigenvalue weighted by molar-refractivity contribution is 5.82. The maximum Gasteiger partial charge on any atom is 0.261 e. The summed E-state index contributed by atoms with van der Waals surface area (Å²) in [6, 6.07) is 8.64. The van der Waals surface area contributed by atoms with Crippen molar-refractivity contribution in [3.05, 3.63) is 52.6 Å². The van der Waals surface area contributed by atoms with Crippen molar-refractivity contribution in [2.75, 3.05) is 21.0 Å². The molecule has 9 nitrogen and oxygen atoms in total. The molecule has 0 saturated carbocycles. The first kappa shape index (κ1) is 18.6. The van der Waals surface area contributed by atoms with Gasteiger partial charge >= 0.3 is 0 Å². The predicted molar refractivity (Wildman–Crippen MR) is 104 cm³/mol. The van der Waals surface area contributed by atoms with Gasteiger partial charge in [-0.2, -0.15) is 0 Å². The van der Waals surface area contributed by atoms with Crippen molar-refractivity contribution < 1.29 is 23.7 Å². The molecule has 0 unspecified atom stereocenters. The molecule has 0 spiro atoms. The molecular formula is C20H19N3O6. The first-order valence-electron chi connectivity index (χ1n) is 8.85. The fraction of sp³-hybridized carbons (Fsp3) is 0.250. The van der Waals surface area contributed by atoms with Gasteiger partial charge in [-0.05, 0) is 23.8 Å². The molecule has 0 aliphatic carbocycles. The standard InChI is InChI=1S/C20H19N3O6/c1-26-16-6-13-14(7-17(16)27-2)22-10-23(20(13)25)9-19(24)21-8-12-3-4-15-18(5-12)29-11-28-15/h3-7,10H,8-9,11H2,1-2H3,(H,21,24). The number of nitrogens with zero attached hydrogens (tertiary/aromatic N) is 2. The lowest BCUT2D eigenvalue weighted by molar-refractivity contribution is -0.121. The Morgan fingerprint density at radius 1 is 1.14 bits per heavy atom. The lowest BCUT2D eigenvalue weighted by Crippen LogP contribution is -2.32. The number of benzene rings is 2. The maximum absolute atomic E-state index is 12.8. The number of methoxy groups -OCH3 is 2. The van der Waals surface area contributed by atoms with Crippen LogP contribution in [0, 0.1) is 0 Å². The fourth-order valence-electron chi connectivity index (χ4n) is 3.06. The van der Waals surface area contributed by atoms with E-state index < -0.39 is 0 Å². The summed E-state index contributed by atoms with van der Waals surface area (Å²) in [6.45, 7) is 0.344. The van der Waals surface area contributed by atoms with Crippen LogP contribution in [0.25, 0.3) is 10.9 Å². The quantitative estimate of drug-likeness (QED) is 0.672. The maximum atomic E-state index is 12.8. The Morgan fingerprint density at radius 2 is 1.90 bits per heavy atom. The third-order valence-corrected chi connectivity index (χ3v) is 4.57. The molecule has 0 radical (unpaired) electrons. The number of hydrogen-bond acceptors (Lipinski definition) is 7. The van der Waals surface area contributed by atoms with Crippen molar-refractivity contribution in [1.29, 1.82) is 0 Å². The molecular weight excluding hydrogens is 378 g/mol. The Bertz CT molecular complexity index is 1140. The molecule has 2 heterocycles. The van der Waals surface area contributed by atoms with Crippen LogP contribution in [0.2, 0.25) is 0 Å². The monoisotopic (exact) mass is 397 g/mol. The van der Waals surface area contributed by atoms with E-state index in [4.69, 9.17) is 18.9 Å². The predicted octanol–water partition coefficient (Wildman–Crippen LogP) is 1.46. The van der Waals surface area contributed by atoms with Crippen LogP contribution in [0.3, 0.4) is 0 Å². The lowest BCUT2D eigenvalue weighted by atomic mass is 10.2. The molecule has 150 valence electrons. The van der Waals surface area contributed by atoms with Gasteiger partial charge in [0.25, 0.3) is 5.56 Å². The minimum absolute atomic E-state index is 0.152. The molecule has 29 heavy (non-hydrogen) atoms. The summed E-state index contributed by atoms with van der Waals surface area (Å²) in [5.41, 5.74) is 0.988. The van der Waals surface area contributed by atoms with Crippen LogP contribution in [0.1, 0.15) is 5.56 Å². The van der Waals surface area contributed by atoms with Gasteiger partial charge < -0.3 is 24.3 Å². The molecule has 1 aliphatic rings. The molecule has 0 saturated heterocycles. The van der Waals surface area contributed by atoms with Crippen molar-refractivity contribution in [2.24, 2.45) is 0 Å². The Morgan fingerprint density at radius 3 is 2.69 bits per heavy atom. The van der Waals surface area contributed by atoms with E-state index in [2.05, 4.69) is 10.3 Å². The number of carbonyl (C=O) groups excluding carboxylic acids is 1. The number of hydrogen-bond donors (Lipinski definition) is 1. The summed E-state index contributed by atoms with van der Waals surface area (Å²) in [5, 5.41) is 3.13. The first-order chi connectivity index (χ1) is 14.1. The number of aromatic nitrogens is 2. The van der Waals surface area contributed by atoms with Crippen LogP contribution >= 0.6 is 0 Å². The van der Waals surface area contributed by atoms with Gasteiger partial charge in [-0.1, -0.05) is 6.07 Å². The van der Waals surface area contributed by atoms with Crippen molar-refractivity contribution in [1.82, 2.24) is 14.9 Å². The van der Waals surface area contributed by atoms with E-state index in [9.17, 15) is 9.59 Å². The molecule has 0 bridgehead atoms. The Labute approximate surface area is 165 Å². The number of ether oxygens (including phenoxy) is 4. The molecule has 2 aromatic carbocycles. The average molecular weight is 397 g/mol. The second kappa shape index (κ2) is 7.70. The van der Waals surface area contributed by atoms with E-state index in [1.165, 1.54) is 25.1 Å². The summed E-state index contributed by atoms with van der Waals surface area (Å²) in [7, 11) is 3.00. The minimum atomic E-state index is -0.339. The zero-order valence-corrected chi connectivity index (χ0v) is 15.9. The highest BCUT2D eigenvalue weighted by atomic mass is 16.7. The van der Waals surface area contributed by atoms with Gasteiger partial charge in [-0.3, -0.25) is 14.2 Å². The zero-order valence-electron chi connectivity index (χ0n) is 15.9. The normalized spacial score (nSPS) is 12.1. The number of rotatable bonds is 6. The number of amides is 1. The van der Waals surface area contributed by atoms with Crippen LogP contribution in [0.4, 0.5) is 0 Å². The van der Waals surface area contributed by atoms with Crippen molar-refractivity contribution in [3.8, 4) is 23.0 Å². The second-order valence-electron chi connectivity index (χ2n) is 6.37. The Hall–Kier alpha value is -3.75. The highest BCUT2D eigenvalue weighted by Gasteiger charge is 2.15. The van der Waals surface area contributed by atoms with Gasteiger partial charge in [-0.15, -0.1) is 0 Å². The van der Waals surface area contributed by atoms with E-state index in [1.54, 1.807) is 18.2 Å². The lowest BCUT2D eigenvalue weighted by Gasteiger charge is -2.11. The molecule has 0 fully saturated rings. The van der Waals surface area contributed by atoms with E-state index in [-0.39, 0.29) is 24.8 Å². The van der Waals surface area contributed by atoms with Crippen LogP contribution in [0.5, 0.6) is 23.0 Å². The molecule has 1 aliphatic heterocycles. The summed E-state index contributed by atoms with van der Waals surface area (Å²) in [5.74, 6) is 1.92. The molecule has 0 atom stereocenters. The molecule has 1 aromatic heterocycles. The first-order valence-corrected chi connectivity index (χ1v) is 8.85. The van der Waals surface area contributed by atoms with Crippen molar-refractivity contribution >= 4 is 16.8 Å². The second-order valence-corrected chi connectivity index (χ2v) is 6.37. The van der Waals surface area contributed by atoms with E-state index in [1.807, 2.05) is 12.1 Å². The van der Waals surface area contributed by atoms with Crippen LogP contribution < -0.4 is 29.8 Å². The Kier molecular flexibility index (Phi) is 4.94. The zero-order chi connectivity index (χ0) is 20.4. The number of carbonyl (C=O) groups is 1. The third kappa shape index (κ3) is 3.66. The van der Waals surface area contributed by atoms with Gasteiger partial charge in [0, 0.05) is 12.6 Å². The van der Waals surface area contributed by atoms with Crippen molar-refractivity contribution in [3.63, 3.8) is 0 Å². The Balaban J connectivity index is 1.49. The highest BCUT2D eigenvalue weighted by Crippen LogP contribution is 2.32. The van der Waals surface area contributed by atoms with Crippen LogP contribution in [-0.2, 0) is 17.9 Å². The molecule has 9 heteroatoms. The van der Waals surface area contributed by atoms with Gasteiger partial charge in [0.05, 0.1) is 31.4 Å². The van der Waals surface area contributed by atoms with Gasteiger partial charge in [0.1, 0.15) is 6.54 Å². The molecule has 3 aromatic rings. The SMILES string of the molecule is COc1cc2ncn(CC(=O)NCc3ccc4c(c3)OCO4)c(=O)c2cc1OC. The minimum Gasteiger partial charge on any atom is -0.493 e. The van der Waals surface area contributed by atoms with Gasteiger partial charge in [0.2, 0.25) is 12.7 Å². The molecule has 1 N–H and O–H groups in total. The van der Waals surface area contributed by atoms with Crippen LogP contribution in [0.15, 0.2) is 41.5 Å². The number of fused-ring (bicyclic) bond motifs is 2. The van der Waals surface area contributed by atoms with E-state index >= 15 is 0 Å². The van der Waals surface area contributed by atoms with Crippen LogP contribution in [-0.4, -0.2) is 36.5 Å². The van der Waals surface area contributed by atoms with E-state index in [0.29, 0.717) is 40.4 Å². The summed E-state index contributed by atoms with van der Waals surface area (Å²) < 4.78 is 22.3. The average Bonchev–Trinajstić information content (AvgIpc) is 3.21. The van der Waals surface area contributed by atoms with Gasteiger partial charge in [-0.25, -0.2) is 4.98 Å². The van der Waals surface area contributed by atoms with Crippen molar-refractivity contribution in [2.45, 2.75) is 13.1 Å². The summed E-state index contributed by atoms with van der Waals surface area (Å²) in [6.07, 6.45) is 1.34. The molecule has 1 amide bonds. The fourth-order valence-corrected chi connectivity index (χ4v) is 3.06.